The number of carbonyl (C=O) groups excluding carboxylic acids is 1. The van der Waals surface area contributed by atoms with Crippen LogP contribution in [0.2, 0.25) is 0 Å². The van der Waals surface area contributed by atoms with Crippen LogP contribution in [0.3, 0.4) is 0 Å². The molecule has 0 heterocycles. The highest BCUT2D eigenvalue weighted by atomic mass is 32.2. The summed E-state index contributed by atoms with van der Waals surface area (Å²) in [4.78, 5) is 12.8. The Balaban J connectivity index is 2.35. The van der Waals surface area contributed by atoms with Crippen LogP contribution >= 0.6 is 0 Å². The number of amides is 1. The van der Waals surface area contributed by atoms with E-state index >= 15 is 0 Å². The number of benzene rings is 2. The molecule has 7 nitrogen and oxygen atoms in total. The van der Waals surface area contributed by atoms with Crippen LogP contribution in [0.5, 0.6) is 11.5 Å². The van der Waals surface area contributed by atoms with E-state index in [0.717, 1.165) is 11.8 Å². The minimum absolute atomic E-state index is 0.179. The lowest BCUT2D eigenvalue weighted by atomic mass is 10.1. The average Bonchev–Trinajstić information content (AvgIpc) is 2.67. The molecule has 0 aliphatic rings. The first-order valence-electron chi connectivity index (χ1n) is 8.87. The molecule has 0 unspecified atom stereocenters. The smallest absolute Gasteiger partial charge is 0.253 e. The lowest BCUT2D eigenvalue weighted by molar-refractivity contribution is 0.0954. The number of nitrogens with zero attached hydrogens (tertiary/aromatic N) is 1. The Morgan fingerprint density at radius 1 is 1.07 bits per heavy atom. The van der Waals surface area contributed by atoms with Crippen LogP contribution in [0, 0.1) is 0 Å². The van der Waals surface area contributed by atoms with Crippen molar-refractivity contribution in [2.45, 2.75) is 13.3 Å². The molecule has 2 rings (SSSR count). The number of carbonyl (C=O) groups is 1. The highest BCUT2D eigenvalue weighted by Gasteiger charge is 2.25. The molecule has 152 valence electrons. The maximum atomic E-state index is 12.8. The first kappa shape index (κ1) is 21.6. The Morgan fingerprint density at radius 3 is 2.21 bits per heavy atom. The van der Waals surface area contributed by atoms with Gasteiger partial charge in [0.15, 0.2) is 11.5 Å². The number of anilines is 1. The van der Waals surface area contributed by atoms with Gasteiger partial charge >= 0.3 is 0 Å². The Kier molecular flexibility index (Phi) is 7.28. The molecule has 0 fully saturated rings. The monoisotopic (exact) mass is 406 g/mol. The van der Waals surface area contributed by atoms with Crippen molar-refractivity contribution in [3.63, 3.8) is 0 Å². The maximum Gasteiger partial charge on any atom is 0.253 e. The van der Waals surface area contributed by atoms with Crippen LogP contribution in [0.4, 0.5) is 5.69 Å². The summed E-state index contributed by atoms with van der Waals surface area (Å²) in [5, 5.41) is 2.85. The molecule has 0 aliphatic carbocycles. The number of rotatable bonds is 9. The Morgan fingerprint density at radius 2 is 1.68 bits per heavy atom. The van der Waals surface area contributed by atoms with Crippen LogP contribution in [-0.4, -0.2) is 47.9 Å². The SMILES string of the molecule is CCN(c1cc(OC)c(OC)cc1C(=O)NCCc1ccccc1)S(C)(=O)=O. The van der Waals surface area contributed by atoms with Crippen molar-refractivity contribution in [2.75, 3.05) is 37.9 Å². The van der Waals surface area contributed by atoms with Crippen molar-refractivity contribution < 1.29 is 22.7 Å². The first-order chi connectivity index (χ1) is 13.3. The summed E-state index contributed by atoms with van der Waals surface area (Å²) >= 11 is 0. The van der Waals surface area contributed by atoms with Gasteiger partial charge in [-0.15, -0.1) is 0 Å². The second-order valence-corrected chi connectivity index (χ2v) is 8.05. The zero-order valence-electron chi connectivity index (χ0n) is 16.6. The van der Waals surface area contributed by atoms with E-state index in [9.17, 15) is 13.2 Å². The van der Waals surface area contributed by atoms with E-state index in [1.165, 1.54) is 30.7 Å². The number of sulfonamides is 1. The summed E-state index contributed by atoms with van der Waals surface area (Å²) in [5.41, 5.74) is 1.56. The molecule has 2 aromatic carbocycles. The molecule has 0 aromatic heterocycles. The van der Waals surface area contributed by atoms with Gasteiger partial charge in [-0.2, -0.15) is 0 Å². The van der Waals surface area contributed by atoms with Crippen LogP contribution < -0.4 is 19.1 Å². The fourth-order valence-electron chi connectivity index (χ4n) is 2.90. The van der Waals surface area contributed by atoms with E-state index in [1.807, 2.05) is 30.3 Å². The van der Waals surface area contributed by atoms with E-state index in [2.05, 4.69) is 5.32 Å². The first-order valence-corrected chi connectivity index (χ1v) is 10.7. The van der Waals surface area contributed by atoms with Gasteiger partial charge in [0.1, 0.15) is 0 Å². The summed E-state index contributed by atoms with van der Waals surface area (Å²) < 4.78 is 36.2. The lowest BCUT2D eigenvalue weighted by Gasteiger charge is -2.24. The number of hydrogen-bond donors (Lipinski definition) is 1. The van der Waals surface area contributed by atoms with Gasteiger partial charge < -0.3 is 14.8 Å². The number of ether oxygens (including phenoxy) is 2. The standard InChI is InChI=1S/C20H26N2O5S/c1-5-22(28(4,24)25)17-14-19(27-3)18(26-2)13-16(17)20(23)21-12-11-15-9-7-6-8-10-15/h6-10,13-14H,5,11-12H2,1-4H3,(H,21,23). The molecule has 28 heavy (non-hydrogen) atoms. The molecule has 1 N–H and O–H groups in total. The number of hydrogen-bond acceptors (Lipinski definition) is 5. The quantitative estimate of drug-likeness (QED) is 0.691. The summed E-state index contributed by atoms with van der Waals surface area (Å²) in [6.45, 7) is 2.30. The van der Waals surface area contributed by atoms with Gasteiger partial charge in [-0.3, -0.25) is 9.10 Å². The Labute approximate surface area is 166 Å². The van der Waals surface area contributed by atoms with Gasteiger partial charge in [0, 0.05) is 19.2 Å². The molecule has 0 atom stereocenters. The predicted molar refractivity (Wildman–Crippen MR) is 110 cm³/mol. The Bertz CT molecular complexity index is 914. The van der Waals surface area contributed by atoms with Crippen LogP contribution in [0.15, 0.2) is 42.5 Å². The van der Waals surface area contributed by atoms with E-state index in [-0.39, 0.29) is 23.7 Å². The molecule has 1 amide bonds. The van der Waals surface area contributed by atoms with Gasteiger partial charge in [0.2, 0.25) is 10.0 Å². The third-order valence-corrected chi connectivity index (χ3v) is 5.50. The van der Waals surface area contributed by atoms with E-state index in [1.54, 1.807) is 6.92 Å². The summed E-state index contributed by atoms with van der Waals surface area (Å²) in [7, 11) is -0.658. The van der Waals surface area contributed by atoms with Gasteiger partial charge in [-0.25, -0.2) is 8.42 Å². The van der Waals surface area contributed by atoms with Gasteiger partial charge in [0.25, 0.3) is 5.91 Å². The number of methoxy groups -OCH3 is 2. The van der Waals surface area contributed by atoms with Gasteiger partial charge in [-0.05, 0) is 25.0 Å². The normalized spacial score (nSPS) is 11.0. The second-order valence-electron chi connectivity index (χ2n) is 6.14. The fourth-order valence-corrected chi connectivity index (χ4v) is 3.88. The second kappa shape index (κ2) is 9.45. The molecule has 0 radical (unpaired) electrons. The highest BCUT2D eigenvalue weighted by Crippen LogP contribution is 2.36. The van der Waals surface area contributed by atoms with Crippen molar-refractivity contribution in [2.24, 2.45) is 0 Å². The van der Waals surface area contributed by atoms with Crippen LogP contribution in [0.1, 0.15) is 22.8 Å². The lowest BCUT2D eigenvalue weighted by Crippen LogP contribution is -2.33. The molecule has 0 saturated heterocycles. The zero-order valence-corrected chi connectivity index (χ0v) is 17.4. The van der Waals surface area contributed by atoms with Crippen LogP contribution in [0.25, 0.3) is 0 Å². The molecule has 0 aliphatic heterocycles. The summed E-state index contributed by atoms with van der Waals surface area (Å²) in [6, 6.07) is 12.8. The number of nitrogens with one attached hydrogen (secondary N) is 1. The third-order valence-electron chi connectivity index (χ3n) is 4.24. The molecule has 0 saturated carbocycles. The molecule has 2 aromatic rings. The molecule has 8 heteroatoms. The zero-order chi connectivity index (χ0) is 20.7. The van der Waals surface area contributed by atoms with Crippen molar-refractivity contribution in [1.82, 2.24) is 5.32 Å². The van der Waals surface area contributed by atoms with E-state index in [4.69, 9.17) is 9.47 Å². The largest absolute Gasteiger partial charge is 0.493 e. The van der Waals surface area contributed by atoms with E-state index in [0.29, 0.717) is 24.5 Å². The minimum Gasteiger partial charge on any atom is -0.493 e. The van der Waals surface area contributed by atoms with E-state index < -0.39 is 10.0 Å². The summed E-state index contributed by atoms with van der Waals surface area (Å²) in [5.74, 6) is 0.318. The molecule has 0 bridgehead atoms. The highest BCUT2D eigenvalue weighted by molar-refractivity contribution is 7.92. The predicted octanol–water partition coefficient (Wildman–Crippen LogP) is 2.46. The molecule has 0 spiro atoms. The van der Waals surface area contributed by atoms with Crippen LogP contribution in [-0.2, 0) is 16.4 Å². The summed E-state index contributed by atoms with van der Waals surface area (Å²) in [6.07, 6.45) is 1.77. The van der Waals surface area contributed by atoms with Gasteiger partial charge in [0.05, 0.1) is 31.7 Å². The minimum atomic E-state index is -3.58. The Hall–Kier alpha value is -2.74. The van der Waals surface area contributed by atoms with Crippen molar-refractivity contribution in [3.8, 4) is 11.5 Å². The topological polar surface area (TPSA) is 84.9 Å². The molecular formula is C20H26N2O5S. The maximum absolute atomic E-state index is 12.8. The van der Waals surface area contributed by atoms with Crippen molar-refractivity contribution >= 4 is 21.6 Å². The van der Waals surface area contributed by atoms with Crippen molar-refractivity contribution in [1.29, 1.82) is 0 Å². The van der Waals surface area contributed by atoms with Crippen molar-refractivity contribution in [3.05, 3.63) is 53.6 Å². The fraction of sp³-hybridized carbons (Fsp3) is 0.350. The average molecular weight is 407 g/mol. The van der Waals surface area contributed by atoms with Gasteiger partial charge in [-0.1, -0.05) is 30.3 Å². The molecular weight excluding hydrogens is 380 g/mol. The third kappa shape index (κ3) is 5.16.